The lowest BCUT2D eigenvalue weighted by atomic mass is 9.74. The molecule has 0 bridgehead atoms. The normalized spacial score (nSPS) is 14.3. The van der Waals surface area contributed by atoms with E-state index in [0.717, 1.165) is 18.2 Å². The van der Waals surface area contributed by atoms with Crippen molar-refractivity contribution >= 4 is 22.8 Å². The van der Waals surface area contributed by atoms with Crippen molar-refractivity contribution in [2.24, 2.45) is 4.99 Å². The maximum Gasteiger partial charge on any atom is 0.422 e. The Kier molecular flexibility index (Phi) is 6.76. The zero-order chi connectivity index (χ0) is 27.0. The van der Waals surface area contributed by atoms with Gasteiger partial charge in [0.2, 0.25) is 5.95 Å². The number of nitrogens with one attached hydrogen (secondary N) is 1. The number of alkyl halides is 3. The molecule has 0 amide bonds. The van der Waals surface area contributed by atoms with Gasteiger partial charge in [-0.2, -0.15) is 22.7 Å². The van der Waals surface area contributed by atoms with Crippen LogP contribution in [0.2, 0.25) is 0 Å². The number of pyridine rings is 1. The summed E-state index contributed by atoms with van der Waals surface area (Å²) in [5, 5.41) is 18.2. The van der Waals surface area contributed by atoms with Crippen molar-refractivity contribution in [1.82, 2.24) is 15.2 Å². The number of nitrogens with zero attached hydrogens (tertiary/aromatic N) is 3. The molecule has 4 rings (SSSR count). The van der Waals surface area contributed by atoms with E-state index in [0.29, 0.717) is 28.4 Å². The summed E-state index contributed by atoms with van der Waals surface area (Å²) >= 11 is 0. The van der Waals surface area contributed by atoms with Crippen LogP contribution in [0.3, 0.4) is 0 Å². The second-order valence-electron chi connectivity index (χ2n) is 9.23. The first-order chi connectivity index (χ1) is 17.3. The summed E-state index contributed by atoms with van der Waals surface area (Å²) in [5.74, 6) is -1.16. The first kappa shape index (κ1) is 26.2. The molecular formula is C26H23F5N4O2. The Bertz CT molecular complexity index is 1450. The second kappa shape index (κ2) is 9.55. The Morgan fingerprint density at radius 1 is 1.08 bits per heavy atom. The molecule has 0 radical (unpaired) electrons. The van der Waals surface area contributed by atoms with Gasteiger partial charge in [-0.25, -0.2) is 9.37 Å². The molecule has 1 unspecified atom stereocenters. The topological polar surface area (TPSA) is 83.4 Å². The maximum atomic E-state index is 14.2. The predicted octanol–water partition coefficient (Wildman–Crippen LogP) is 6.28. The van der Waals surface area contributed by atoms with Gasteiger partial charge >= 0.3 is 6.18 Å². The molecule has 11 heteroatoms. The number of fused-ring (bicyclic) bond motifs is 1. The summed E-state index contributed by atoms with van der Waals surface area (Å²) in [6, 6.07) is 10.8. The number of aromatic nitrogens is 3. The minimum atomic E-state index is -5.11. The minimum Gasteiger partial charge on any atom is -0.496 e. The molecule has 194 valence electrons. The van der Waals surface area contributed by atoms with Crippen molar-refractivity contribution in [2.75, 3.05) is 7.11 Å². The smallest absolute Gasteiger partial charge is 0.422 e. The minimum absolute atomic E-state index is 0.0920. The fraction of sp³-hybridized carbons (Fsp3) is 0.269. The van der Waals surface area contributed by atoms with Crippen LogP contribution in [0.1, 0.15) is 25.8 Å². The summed E-state index contributed by atoms with van der Waals surface area (Å²) < 4.78 is 75.2. The molecule has 1 atom stereocenters. The van der Waals surface area contributed by atoms with Crippen molar-refractivity contribution in [3.05, 3.63) is 72.1 Å². The van der Waals surface area contributed by atoms with E-state index >= 15 is 0 Å². The molecule has 2 aromatic carbocycles. The Morgan fingerprint density at radius 2 is 1.84 bits per heavy atom. The highest BCUT2D eigenvalue weighted by Gasteiger charge is 2.55. The molecule has 4 aromatic rings. The first-order valence-electron chi connectivity index (χ1n) is 11.1. The number of aromatic amines is 1. The third kappa shape index (κ3) is 5.17. The van der Waals surface area contributed by atoms with Crippen LogP contribution < -0.4 is 4.74 Å². The summed E-state index contributed by atoms with van der Waals surface area (Å²) in [4.78, 5) is 7.63. The molecule has 0 fully saturated rings. The summed E-state index contributed by atoms with van der Waals surface area (Å²) in [5.41, 5.74) is -3.32. The third-order valence-electron chi connectivity index (χ3n) is 6.08. The molecule has 0 aliphatic heterocycles. The van der Waals surface area contributed by atoms with E-state index in [2.05, 4.69) is 20.2 Å². The highest BCUT2D eigenvalue weighted by molar-refractivity contribution is 6.01. The van der Waals surface area contributed by atoms with Crippen LogP contribution in [0.4, 0.5) is 27.6 Å². The van der Waals surface area contributed by atoms with E-state index in [1.165, 1.54) is 45.4 Å². The average molecular weight is 518 g/mol. The standard InChI is InChI=1S/C26H23F5N4O2/c1-24(2,17-11-16(27)8-9-20(17)37-3)13-25(36,26(29,30)31)14-33-18-5-4-6-19-22(18)23(35-34-19)15-7-10-21(28)32-12-15/h4-12,14,36H,13H2,1-3H3,(H,34,35). The molecule has 0 saturated carbocycles. The van der Waals surface area contributed by atoms with Crippen molar-refractivity contribution < 1.29 is 31.8 Å². The molecule has 0 aliphatic carbocycles. The zero-order valence-electron chi connectivity index (χ0n) is 20.1. The molecule has 0 aliphatic rings. The van der Waals surface area contributed by atoms with Gasteiger partial charge in [0.25, 0.3) is 0 Å². The number of rotatable bonds is 7. The number of methoxy groups -OCH3 is 1. The molecule has 37 heavy (non-hydrogen) atoms. The Hall–Kier alpha value is -3.86. The van der Waals surface area contributed by atoms with E-state index in [1.807, 2.05) is 0 Å². The molecule has 0 saturated heterocycles. The van der Waals surface area contributed by atoms with Crippen LogP contribution in [0.15, 0.2) is 59.7 Å². The highest BCUT2D eigenvalue weighted by Crippen LogP contribution is 2.43. The third-order valence-corrected chi connectivity index (χ3v) is 6.08. The van der Waals surface area contributed by atoms with Gasteiger partial charge in [0.05, 0.1) is 23.7 Å². The van der Waals surface area contributed by atoms with Gasteiger partial charge in [-0.1, -0.05) is 19.9 Å². The molecule has 6 nitrogen and oxygen atoms in total. The van der Waals surface area contributed by atoms with Crippen molar-refractivity contribution in [2.45, 2.75) is 37.5 Å². The number of hydrogen-bond acceptors (Lipinski definition) is 5. The van der Waals surface area contributed by atoms with Crippen LogP contribution in [-0.4, -0.2) is 45.4 Å². The van der Waals surface area contributed by atoms with Gasteiger partial charge < -0.3 is 9.84 Å². The quantitative estimate of drug-likeness (QED) is 0.172. The lowest BCUT2D eigenvalue weighted by Gasteiger charge is -2.36. The number of aliphatic hydroxyl groups is 1. The molecule has 2 heterocycles. The summed E-state index contributed by atoms with van der Waals surface area (Å²) in [6.07, 6.45) is -4.30. The Labute approximate surface area is 208 Å². The van der Waals surface area contributed by atoms with Gasteiger partial charge in [0.1, 0.15) is 17.3 Å². The van der Waals surface area contributed by atoms with Gasteiger partial charge in [-0.15, -0.1) is 0 Å². The second-order valence-corrected chi connectivity index (χ2v) is 9.23. The summed E-state index contributed by atoms with van der Waals surface area (Å²) in [6.45, 7) is 2.90. The number of halogens is 5. The largest absolute Gasteiger partial charge is 0.496 e. The van der Waals surface area contributed by atoms with Gasteiger partial charge in [0.15, 0.2) is 5.60 Å². The molecule has 0 spiro atoms. The fourth-order valence-corrected chi connectivity index (χ4v) is 4.26. The van der Waals surface area contributed by atoms with Crippen LogP contribution in [0, 0.1) is 11.8 Å². The van der Waals surface area contributed by atoms with E-state index in [9.17, 15) is 27.1 Å². The average Bonchev–Trinajstić information content (AvgIpc) is 3.27. The Morgan fingerprint density at radius 3 is 2.49 bits per heavy atom. The van der Waals surface area contributed by atoms with E-state index < -0.39 is 35.4 Å². The van der Waals surface area contributed by atoms with Crippen LogP contribution in [0.25, 0.3) is 22.2 Å². The Balaban J connectivity index is 1.77. The van der Waals surface area contributed by atoms with Gasteiger partial charge in [-0.3, -0.25) is 10.1 Å². The van der Waals surface area contributed by atoms with Crippen molar-refractivity contribution in [3.8, 4) is 17.0 Å². The van der Waals surface area contributed by atoms with E-state index in [-0.39, 0.29) is 17.0 Å². The van der Waals surface area contributed by atoms with E-state index in [1.54, 1.807) is 12.1 Å². The number of benzene rings is 2. The number of aliphatic imine (C=N–C) groups is 1. The van der Waals surface area contributed by atoms with Crippen LogP contribution in [-0.2, 0) is 5.41 Å². The van der Waals surface area contributed by atoms with Crippen molar-refractivity contribution in [3.63, 3.8) is 0 Å². The zero-order valence-corrected chi connectivity index (χ0v) is 20.1. The van der Waals surface area contributed by atoms with Crippen LogP contribution in [0.5, 0.6) is 5.75 Å². The number of ether oxygens (including phenoxy) is 1. The van der Waals surface area contributed by atoms with Crippen molar-refractivity contribution in [1.29, 1.82) is 0 Å². The molecular weight excluding hydrogens is 495 g/mol. The fourth-order valence-electron chi connectivity index (χ4n) is 4.26. The first-order valence-corrected chi connectivity index (χ1v) is 11.1. The van der Waals surface area contributed by atoms with Gasteiger partial charge in [0, 0.05) is 23.5 Å². The lowest BCUT2D eigenvalue weighted by Crippen LogP contribution is -2.50. The molecule has 2 aromatic heterocycles. The lowest BCUT2D eigenvalue weighted by molar-refractivity contribution is -0.234. The SMILES string of the molecule is COc1ccc(F)cc1C(C)(C)CC(O)(C=Nc1cccc2[nH]nc(-c3ccc(F)nc3)c12)C(F)(F)F. The van der Waals surface area contributed by atoms with Gasteiger partial charge in [-0.05, 0) is 54.3 Å². The number of H-pyrrole nitrogens is 1. The predicted molar refractivity (Wildman–Crippen MR) is 129 cm³/mol. The monoisotopic (exact) mass is 518 g/mol. The summed E-state index contributed by atoms with van der Waals surface area (Å²) in [7, 11) is 1.32. The van der Waals surface area contributed by atoms with E-state index in [4.69, 9.17) is 4.74 Å². The number of hydrogen-bond donors (Lipinski definition) is 2. The highest BCUT2D eigenvalue weighted by atomic mass is 19.4. The maximum absolute atomic E-state index is 14.2. The van der Waals surface area contributed by atoms with Crippen LogP contribution >= 0.6 is 0 Å². The molecule has 2 N–H and O–H groups in total.